The van der Waals surface area contributed by atoms with Crippen molar-refractivity contribution >= 4 is 17.8 Å². The van der Waals surface area contributed by atoms with Crippen LogP contribution >= 0.6 is 0 Å². The Bertz CT molecular complexity index is 359. The predicted molar refractivity (Wildman–Crippen MR) is 68.2 cm³/mol. The van der Waals surface area contributed by atoms with Crippen LogP contribution in [0.25, 0.3) is 0 Å². The number of carboxylic acids is 1. The summed E-state index contributed by atoms with van der Waals surface area (Å²) in [6.07, 6.45) is 1.89. The van der Waals surface area contributed by atoms with Gasteiger partial charge in [-0.3, -0.25) is 9.59 Å². The van der Waals surface area contributed by atoms with Gasteiger partial charge in [-0.1, -0.05) is 6.92 Å². The van der Waals surface area contributed by atoms with Crippen molar-refractivity contribution in [2.45, 2.75) is 44.7 Å². The van der Waals surface area contributed by atoms with Crippen molar-refractivity contribution in [1.29, 1.82) is 0 Å². The Balaban J connectivity index is 2.55. The van der Waals surface area contributed by atoms with Crippen LogP contribution in [-0.4, -0.2) is 41.5 Å². The van der Waals surface area contributed by atoms with Crippen molar-refractivity contribution in [2.24, 2.45) is 11.7 Å². The number of carboxylic acid groups (broad SMARTS) is 1. The van der Waals surface area contributed by atoms with Crippen LogP contribution in [0.1, 0.15) is 32.6 Å². The van der Waals surface area contributed by atoms with Crippen molar-refractivity contribution in [2.75, 3.05) is 6.54 Å². The van der Waals surface area contributed by atoms with E-state index in [2.05, 4.69) is 10.6 Å². The molecule has 108 valence electrons. The van der Waals surface area contributed by atoms with Gasteiger partial charge in [-0.2, -0.15) is 0 Å². The predicted octanol–water partition coefficient (Wildman–Crippen LogP) is -0.791. The molecule has 7 heteroatoms. The molecule has 1 aliphatic heterocycles. The van der Waals surface area contributed by atoms with Crippen LogP contribution in [0.4, 0.5) is 0 Å². The molecule has 1 rings (SSSR count). The molecule has 5 N–H and O–H groups in total. The third-order valence-corrected chi connectivity index (χ3v) is 3.35. The second kappa shape index (κ2) is 7.08. The summed E-state index contributed by atoms with van der Waals surface area (Å²) in [4.78, 5) is 33.7. The molecule has 1 heterocycles. The first-order valence-corrected chi connectivity index (χ1v) is 6.46. The molecule has 1 aliphatic rings. The molecule has 0 spiro atoms. The Hall–Kier alpha value is -1.63. The number of nitrogens with two attached hydrogens (primary N) is 1. The minimum Gasteiger partial charge on any atom is -0.480 e. The highest BCUT2D eigenvalue weighted by molar-refractivity contribution is 5.87. The highest BCUT2D eigenvalue weighted by atomic mass is 16.4. The maximum absolute atomic E-state index is 12.0. The number of rotatable bonds is 6. The number of primary amides is 1. The van der Waals surface area contributed by atoms with Crippen LogP contribution in [0.3, 0.4) is 0 Å². The number of nitrogens with one attached hydrogen (secondary N) is 2. The van der Waals surface area contributed by atoms with Gasteiger partial charge in [-0.05, 0) is 31.7 Å². The first kappa shape index (κ1) is 15.4. The van der Waals surface area contributed by atoms with Crippen molar-refractivity contribution in [1.82, 2.24) is 10.6 Å². The molecule has 0 aromatic carbocycles. The molecule has 0 aliphatic carbocycles. The van der Waals surface area contributed by atoms with E-state index in [4.69, 9.17) is 10.8 Å². The second-order valence-electron chi connectivity index (χ2n) is 4.96. The van der Waals surface area contributed by atoms with E-state index in [1.807, 2.05) is 6.92 Å². The maximum atomic E-state index is 12.0. The summed E-state index contributed by atoms with van der Waals surface area (Å²) < 4.78 is 0. The minimum atomic E-state index is -1.15. The Morgan fingerprint density at radius 3 is 2.68 bits per heavy atom. The van der Waals surface area contributed by atoms with Crippen molar-refractivity contribution < 1.29 is 19.5 Å². The van der Waals surface area contributed by atoms with Crippen LogP contribution in [0, 0.1) is 5.92 Å². The van der Waals surface area contributed by atoms with E-state index < -0.39 is 17.9 Å². The summed E-state index contributed by atoms with van der Waals surface area (Å²) in [5.74, 6) is -1.90. The Labute approximate surface area is 111 Å². The fraction of sp³-hybridized carbons (Fsp3) is 0.750. The Morgan fingerprint density at radius 2 is 2.16 bits per heavy atom. The van der Waals surface area contributed by atoms with Gasteiger partial charge in [0.1, 0.15) is 6.04 Å². The summed E-state index contributed by atoms with van der Waals surface area (Å²) in [6, 6.07) is -1.44. The van der Waals surface area contributed by atoms with Gasteiger partial charge in [-0.15, -0.1) is 0 Å². The maximum Gasteiger partial charge on any atom is 0.326 e. The lowest BCUT2D eigenvalue weighted by molar-refractivity contribution is -0.142. The Morgan fingerprint density at radius 1 is 1.47 bits per heavy atom. The fourth-order valence-corrected chi connectivity index (χ4v) is 2.21. The summed E-state index contributed by atoms with van der Waals surface area (Å²) in [7, 11) is 0. The van der Waals surface area contributed by atoms with E-state index in [0.29, 0.717) is 0 Å². The molecule has 0 aromatic rings. The average Bonchev–Trinajstić information content (AvgIpc) is 2.34. The average molecular weight is 271 g/mol. The summed E-state index contributed by atoms with van der Waals surface area (Å²) in [5, 5.41) is 14.6. The van der Waals surface area contributed by atoms with Gasteiger partial charge >= 0.3 is 5.97 Å². The smallest absolute Gasteiger partial charge is 0.326 e. The molecule has 19 heavy (non-hydrogen) atoms. The van der Waals surface area contributed by atoms with Crippen LogP contribution in [-0.2, 0) is 14.4 Å². The number of piperidine rings is 1. The molecular formula is C12H21N3O4. The largest absolute Gasteiger partial charge is 0.480 e. The lowest BCUT2D eigenvalue weighted by Gasteiger charge is -2.30. The molecule has 0 saturated carbocycles. The van der Waals surface area contributed by atoms with Gasteiger partial charge in [0.15, 0.2) is 0 Å². The molecule has 0 bridgehead atoms. The summed E-state index contributed by atoms with van der Waals surface area (Å²) in [6.45, 7) is 2.71. The SMILES string of the molecule is CC1CCCNC1C(=O)N[C@@H](CCC(N)=O)C(=O)O. The number of hydrogen-bond acceptors (Lipinski definition) is 4. The molecular weight excluding hydrogens is 250 g/mol. The van der Waals surface area contributed by atoms with Crippen LogP contribution in [0.2, 0.25) is 0 Å². The topological polar surface area (TPSA) is 122 Å². The molecule has 3 atom stereocenters. The van der Waals surface area contributed by atoms with E-state index in [-0.39, 0.29) is 30.7 Å². The second-order valence-corrected chi connectivity index (χ2v) is 4.96. The molecule has 2 amide bonds. The van der Waals surface area contributed by atoms with E-state index in [1.165, 1.54) is 0 Å². The first-order valence-electron chi connectivity index (χ1n) is 6.46. The highest BCUT2D eigenvalue weighted by Crippen LogP contribution is 2.15. The standard InChI is InChI=1S/C12H21N3O4/c1-7-3-2-6-14-10(7)11(17)15-8(12(18)19)4-5-9(13)16/h7-8,10,14H,2-6H2,1H3,(H2,13,16)(H,15,17)(H,18,19)/t7?,8-,10?/m0/s1. The van der Waals surface area contributed by atoms with Gasteiger partial charge in [0.25, 0.3) is 0 Å². The van der Waals surface area contributed by atoms with E-state index in [9.17, 15) is 14.4 Å². The van der Waals surface area contributed by atoms with Crippen LogP contribution in [0.15, 0.2) is 0 Å². The lowest BCUT2D eigenvalue weighted by Crippen LogP contribution is -2.54. The quantitative estimate of drug-likeness (QED) is 0.504. The van der Waals surface area contributed by atoms with Gasteiger partial charge in [-0.25, -0.2) is 4.79 Å². The highest BCUT2D eigenvalue weighted by Gasteiger charge is 2.30. The van der Waals surface area contributed by atoms with Crippen LogP contribution < -0.4 is 16.4 Å². The molecule has 7 nitrogen and oxygen atoms in total. The molecule has 0 radical (unpaired) electrons. The van der Waals surface area contributed by atoms with Gasteiger partial charge in [0.05, 0.1) is 6.04 Å². The van der Waals surface area contributed by atoms with Gasteiger partial charge < -0.3 is 21.5 Å². The van der Waals surface area contributed by atoms with E-state index >= 15 is 0 Å². The normalized spacial score (nSPS) is 24.5. The van der Waals surface area contributed by atoms with Gasteiger partial charge in [0.2, 0.25) is 11.8 Å². The third kappa shape index (κ3) is 4.86. The number of amides is 2. The van der Waals surface area contributed by atoms with E-state index in [1.54, 1.807) is 0 Å². The zero-order chi connectivity index (χ0) is 14.4. The minimum absolute atomic E-state index is 0.0114. The zero-order valence-electron chi connectivity index (χ0n) is 11.0. The molecule has 1 fully saturated rings. The van der Waals surface area contributed by atoms with E-state index in [0.717, 1.165) is 19.4 Å². The number of aliphatic carboxylic acids is 1. The zero-order valence-corrected chi connectivity index (χ0v) is 11.0. The molecule has 2 unspecified atom stereocenters. The lowest BCUT2D eigenvalue weighted by atomic mass is 9.92. The third-order valence-electron chi connectivity index (χ3n) is 3.35. The van der Waals surface area contributed by atoms with Gasteiger partial charge in [0, 0.05) is 6.42 Å². The number of carbonyl (C=O) groups excluding carboxylic acids is 2. The molecule has 0 aromatic heterocycles. The first-order chi connectivity index (χ1) is 8.91. The van der Waals surface area contributed by atoms with Crippen molar-refractivity contribution in [3.8, 4) is 0 Å². The van der Waals surface area contributed by atoms with Crippen molar-refractivity contribution in [3.63, 3.8) is 0 Å². The molecule has 1 saturated heterocycles. The number of carbonyl (C=O) groups is 3. The summed E-state index contributed by atoms with van der Waals surface area (Å²) in [5.41, 5.74) is 4.98. The van der Waals surface area contributed by atoms with Crippen LogP contribution in [0.5, 0.6) is 0 Å². The monoisotopic (exact) mass is 271 g/mol. The number of hydrogen-bond donors (Lipinski definition) is 4. The Kier molecular flexibility index (Phi) is 5.75. The fourth-order valence-electron chi connectivity index (χ4n) is 2.21. The summed E-state index contributed by atoms with van der Waals surface area (Å²) >= 11 is 0. The van der Waals surface area contributed by atoms with Crippen molar-refractivity contribution in [3.05, 3.63) is 0 Å².